The zero-order valence-electron chi connectivity index (χ0n) is 13.3. The number of rotatable bonds is 4. The third kappa shape index (κ3) is 5.57. The number of benzene rings is 1. The number of nitrogens with zero attached hydrogens (tertiary/aromatic N) is 1. The molecule has 0 atom stereocenters. The van der Waals surface area contributed by atoms with Crippen LogP contribution in [0, 0.1) is 11.7 Å². The molecule has 0 amide bonds. The number of likely N-dealkylation sites (tertiary alicyclic amines) is 1. The van der Waals surface area contributed by atoms with Crippen molar-refractivity contribution in [3.8, 4) is 0 Å². The number of nitrogens with one attached hydrogen (secondary N) is 1. The van der Waals surface area contributed by atoms with Crippen LogP contribution < -0.4 is 5.32 Å². The SMILES string of the molecule is CC(C)(C)NCC1CCN(Cc2cc(F)ccc2Cl)CC1. The Morgan fingerprint density at radius 1 is 1.29 bits per heavy atom. The summed E-state index contributed by atoms with van der Waals surface area (Å²) in [5.41, 5.74) is 1.08. The molecule has 0 saturated carbocycles. The van der Waals surface area contributed by atoms with Gasteiger partial charge in [0.1, 0.15) is 5.82 Å². The van der Waals surface area contributed by atoms with Gasteiger partial charge in [0.2, 0.25) is 0 Å². The molecule has 0 bridgehead atoms. The van der Waals surface area contributed by atoms with Gasteiger partial charge in [-0.2, -0.15) is 0 Å². The minimum atomic E-state index is -0.210. The van der Waals surface area contributed by atoms with Crippen LogP contribution in [0.15, 0.2) is 18.2 Å². The van der Waals surface area contributed by atoms with E-state index in [9.17, 15) is 4.39 Å². The summed E-state index contributed by atoms with van der Waals surface area (Å²) in [5, 5.41) is 4.24. The van der Waals surface area contributed by atoms with Crippen LogP contribution in [-0.4, -0.2) is 30.1 Å². The zero-order chi connectivity index (χ0) is 15.5. The summed E-state index contributed by atoms with van der Waals surface area (Å²) in [6.07, 6.45) is 2.38. The molecule has 1 aromatic rings. The molecule has 118 valence electrons. The maximum Gasteiger partial charge on any atom is 0.123 e. The fourth-order valence-electron chi connectivity index (χ4n) is 2.70. The van der Waals surface area contributed by atoms with E-state index in [0.717, 1.165) is 37.7 Å². The first kappa shape index (κ1) is 16.7. The maximum absolute atomic E-state index is 13.3. The van der Waals surface area contributed by atoms with Crippen molar-refractivity contribution < 1.29 is 4.39 Å². The first-order valence-electron chi connectivity index (χ1n) is 7.75. The molecule has 4 heteroatoms. The van der Waals surface area contributed by atoms with Gasteiger partial charge in [-0.15, -0.1) is 0 Å². The summed E-state index contributed by atoms with van der Waals surface area (Å²) >= 11 is 6.14. The minimum Gasteiger partial charge on any atom is -0.312 e. The second kappa shape index (κ2) is 7.08. The average molecular weight is 313 g/mol. The minimum absolute atomic E-state index is 0.187. The van der Waals surface area contributed by atoms with Crippen molar-refractivity contribution in [3.05, 3.63) is 34.6 Å². The Morgan fingerprint density at radius 2 is 1.95 bits per heavy atom. The van der Waals surface area contributed by atoms with Crippen molar-refractivity contribution in [2.75, 3.05) is 19.6 Å². The first-order valence-corrected chi connectivity index (χ1v) is 8.12. The predicted octanol–water partition coefficient (Wildman–Crippen LogP) is 4.08. The van der Waals surface area contributed by atoms with Crippen molar-refractivity contribution in [1.29, 1.82) is 0 Å². The summed E-state index contributed by atoms with van der Waals surface area (Å²) in [7, 11) is 0. The van der Waals surface area contributed by atoms with Gasteiger partial charge in [0.05, 0.1) is 0 Å². The van der Waals surface area contributed by atoms with Crippen LogP contribution in [0.4, 0.5) is 4.39 Å². The lowest BCUT2D eigenvalue weighted by atomic mass is 9.95. The lowest BCUT2D eigenvalue weighted by Crippen LogP contribution is -2.42. The van der Waals surface area contributed by atoms with Crippen LogP contribution in [0.5, 0.6) is 0 Å². The second-order valence-electron chi connectivity index (χ2n) is 7.09. The molecule has 0 aliphatic carbocycles. The number of halogens is 2. The van der Waals surface area contributed by atoms with Gasteiger partial charge in [-0.1, -0.05) is 11.6 Å². The van der Waals surface area contributed by atoms with Crippen molar-refractivity contribution in [3.63, 3.8) is 0 Å². The van der Waals surface area contributed by atoms with E-state index in [4.69, 9.17) is 11.6 Å². The highest BCUT2D eigenvalue weighted by atomic mass is 35.5. The molecule has 0 spiro atoms. The van der Waals surface area contributed by atoms with Gasteiger partial charge < -0.3 is 5.32 Å². The largest absolute Gasteiger partial charge is 0.312 e. The van der Waals surface area contributed by atoms with E-state index in [1.165, 1.54) is 18.9 Å². The summed E-state index contributed by atoms with van der Waals surface area (Å²) in [5.74, 6) is 0.530. The molecular formula is C17H26ClFN2. The third-order valence-electron chi connectivity index (χ3n) is 4.03. The molecule has 0 unspecified atom stereocenters. The molecule has 1 aliphatic heterocycles. The highest BCUT2D eigenvalue weighted by Crippen LogP contribution is 2.23. The Balaban J connectivity index is 1.80. The van der Waals surface area contributed by atoms with E-state index in [1.54, 1.807) is 12.1 Å². The molecule has 1 heterocycles. The summed E-state index contributed by atoms with van der Waals surface area (Å²) < 4.78 is 13.3. The molecule has 1 fully saturated rings. The van der Waals surface area contributed by atoms with E-state index in [2.05, 4.69) is 31.0 Å². The van der Waals surface area contributed by atoms with Crippen LogP contribution in [0.25, 0.3) is 0 Å². The quantitative estimate of drug-likeness (QED) is 0.901. The second-order valence-corrected chi connectivity index (χ2v) is 7.49. The van der Waals surface area contributed by atoms with E-state index < -0.39 is 0 Å². The Morgan fingerprint density at radius 3 is 2.57 bits per heavy atom. The Hall–Kier alpha value is -0.640. The Bertz CT molecular complexity index is 462. The fraction of sp³-hybridized carbons (Fsp3) is 0.647. The molecule has 2 nitrogen and oxygen atoms in total. The van der Waals surface area contributed by atoms with Gasteiger partial charge in [-0.3, -0.25) is 4.90 Å². The van der Waals surface area contributed by atoms with Crippen molar-refractivity contribution >= 4 is 11.6 Å². The lowest BCUT2D eigenvalue weighted by Gasteiger charge is -2.34. The van der Waals surface area contributed by atoms with Crippen molar-refractivity contribution in [1.82, 2.24) is 10.2 Å². The highest BCUT2D eigenvalue weighted by molar-refractivity contribution is 6.31. The van der Waals surface area contributed by atoms with Gasteiger partial charge >= 0.3 is 0 Å². The molecule has 1 aromatic carbocycles. The number of piperidine rings is 1. The number of hydrogen-bond acceptors (Lipinski definition) is 2. The topological polar surface area (TPSA) is 15.3 Å². The smallest absolute Gasteiger partial charge is 0.123 e. The molecule has 1 aliphatic rings. The molecule has 2 rings (SSSR count). The van der Waals surface area contributed by atoms with E-state index >= 15 is 0 Å². The van der Waals surface area contributed by atoms with E-state index in [1.807, 2.05) is 0 Å². The van der Waals surface area contributed by atoms with Gasteiger partial charge in [0.15, 0.2) is 0 Å². The standard InChI is InChI=1S/C17H26ClFN2/c1-17(2,3)20-11-13-6-8-21(9-7-13)12-14-10-15(19)4-5-16(14)18/h4-5,10,13,20H,6-9,11-12H2,1-3H3. The van der Waals surface area contributed by atoms with Crippen LogP contribution >= 0.6 is 11.6 Å². The van der Waals surface area contributed by atoms with Crippen LogP contribution in [0.3, 0.4) is 0 Å². The average Bonchev–Trinajstić information content (AvgIpc) is 2.41. The van der Waals surface area contributed by atoms with Crippen LogP contribution in [0.1, 0.15) is 39.2 Å². The predicted molar refractivity (Wildman–Crippen MR) is 87.2 cm³/mol. The molecular weight excluding hydrogens is 287 g/mol. The third-order valence-corrected chi connectivity index (χ3v) is 4.40. The van der Waals surface area contributed by atoms with Gasteiger partial charge in [0, 0.05) is 17.1 Å². The summed E-state index contributed by atoms with van der Waals surface area (Å²) in [6.45, 7) is 10.6. The highest BCUT2D eigenvalue weighted by Gasteiger charge is 2.21. The normalized spacial score (nSPS) is 18.1. The Kier molecular flexibility index (Phi) is 5.64. The first-order chi connectivity index (χ1) is 9.83. The van der Waals surface area contributed by atoms with Gasteiger partial charge in [0.25, 0.3) is 0 Å². The molecule has 1 saturated heterocycles. The Labute approximate surface area is 132 Å². The van der Waals surface area contributed by atoms with E-state index in [0.29, 0.717) is 5.02 Å². The van der Waals surface area contributed by atoms with Crippen LogP contribution in [0.2, 0.25) is 5.02 Å². The van der Waals surface area contributed by atoms with E-state index in [-0.39, 0.29) is 11.4 Å². The molecule has 0 aromatic heterocycles. The zero-order valence-corrected chi connectivity index (χ0v) is 14.0. The number of hydrogen-bond donors (Lipinski definition) is 1. The summed E-state index contributed by atoms with van der Waals surface area (Å²) in [6, 6.07) is 4.61. The monoisotopic (exact) mass is 312 g/mol. The fourth-order valence-corrected chi connectivity index (χ4v) is 2.88. The van der Waals surface area contributed by atoms with Crippen molar-refractivity contribution in [2.24, 2.45) is 5.92 Å². The maximum atomic E-state index is 13.3. The molecule has 0 radical (unpaired) electrons. The lowest BCUT2D eigenvalue weighted by molar-refractivity contribution is 0.170. The van der Waals surface area contributed by atoms with Gasteiger partial charge in [-0.05, 0) is 82.9 Å². The van der Waals surface area contributed by atoms with Crippen molar-refractivity contribution in [2.45, 2.75) is 45.7 Å². The summed E-state index contributed by atoms with van der Waals surface area (Å²) in [4.78, 5) is 2.37. The van der Waals surface area contributed by atoms with Gasteiger partial charge in [-0.25, -0.2) is 4.39 Å². The molecule has 1 N–H and O–H groups in total. The molecule has 21 heavy (non-hydrogen) atoms. The van der Waals surface area contributed by atoms with Crippen LogP contribution in [-0.2, 0) is 6.54 Å².